The van der Waals surface area contributed by atoms with Gasteiger partial charge in [-0.1, -0.05) is 13.8 Å². The monoisotopic (exact) mass is 294 g/mol. The van der Waals surface area contributed by atoms with Crippen molar-refractivity contribution in [3.05, 3.63) is 0 Å². The summed E-state index contributed by atoms with van der Waals surface area (Å²) in [4.78, 5) is 22.3. The SMILES string of the molecule is CCC(=O)OC[C@H](OC(=O)CC)[C@@H](O)[C@H](O)[C@H](O)CO. The molecule has 0 bridgehead atoms. The molecule has 0 aromatic rings. The second-order valence-corrected chi connectivity index (χ2v) is 4.15. The van der Waals surface area contributed by atoms with Crippen molar-refractivity contribution in [2.75, 3.05) is 13.2 Å². The summed E-state index contributed by atoms with van der Waals surface area (Å²) in [6.45, 7) is 1.87. The summed E-state index contributed by atoms with van der Waals surface area (Å²) in [7, 11) is 0. The van der Waals surface area contributed by atoms with Gasteiger partial charge in [0.25, 0.3) is 0 Å². The van der Waals surface area contributed by atoms with Crippen LogP contribution in [0.4, 0.5) is 0 Å². The Morgan fingerprint density at radius 3 is 2.00 bits per heavy atom. The number of esters is 2. The average Bonchev–Trinajstić information content (AvgIpc) is 2.47. The maximum Gasteiger partial charge on any atom is 0.305 e. The first kappa shape index (κ1) is 18.8. The van der Waals surface area contributed by atoms with Gasteiger partial charge in [0.1, 0.15) is 24.9 Å². The highest BCUT2D eigenvalue weighted by Crippen LogP contribution is 2.10. The maximum atomic E-state index is 11.2. The predicted octanol–water partition coefficient (Wildman–Crippen LogP) is -1.66. The van der Waals surface area contributed by atoms with Crippen LogP contribution < -0.4 is 0 Å². The van der Waals surface area contributed by atoms with Gasteiger partial charge < -0.3 is 29.9 Å². The minimum atomic E-state index is -1.74. The predicted molar refractivity (Wildman–Crippen MR) is 66.5 cm³/mol. The van der Waals surface area contributed by atoms with Gasteiger partial charge in [0.15, 0.2) is 6.10 Å². The summed E-state index contributed by atoms with van der Waals surface area (Å²) in [6, 6.07) is 0. The van der Waals surface area contributed by atoms with Crippen molar-refractivity contribution in [1.29, 1.82) is 0 Å². The summed E-state index contributed by atoms with van der Waals surface area (Å²) >= 11 is 0. The fourth-order valence-corrected chi connectivity index (χ4v) is 1.29. The Kier molecular flexibility index (Phi) is 9.06. The van der Waals surface area contributed by atoms with E-state index in [1.165, 1.54) is 6.92 Å². The van der Waals surface area contributed by atoms with E-state index in [0.29, 0.717) is 0 Å². The van der Waals surface area contributed by atoms with Crippen molar-refractivity contribution in [3.8, 4) is 0 Å². The molecule has 0 aliphatic heterocycles. The summed E-state index contributed by atoms with van der Waals surface area (Å²) in [5.74, 6) is -1.22. The lowest BCUT2D eigenvalue weighted by Crippen LogP contribution is -2.49. The van der Waals surface area contributed by atoms with Gasteiger partial charge >= 0.3 is 11.9 Å². The van der Waals surface area contributed by atoms with Crippen LogP contribution in [0.3, 0.4) is 0 Å². The van der Waals surface area contributed by atoms with E-state index < -0.39 is 49.6 Å². The smallest absolute Gasteiger partial charge is 0.305 e. The van der Waals surface area contributed by atoms with Crippen LogP contribution in [0, 0.1) is 0 Å². The molecular weight excluding hydrogens is 272 g/mol. The fraction of sp³-hybridized carbons (Fsp3) is 0.833. The molecule has 0 spiro atoms. The van der Waals surface area contributed by atoms with Gasteiger partial charge in [0.2, 0.25) is 0 Å². The van der Waals surface area contributed by atoms with Gasteiger partial charge in [-0.05, 0) is 0 Å². The summed E-state index contributed by atoms with van der Waals surface area (Å²) in [5.41, 5.74) is 0. The van der Waals surface area contributed by atoms with E-state index in [0.717, 1.165) is 0 Å². The second-order valence-electron chi connectivity index (χ2n) is 4.15. The average molecular weight is 294 g/mol. The van der Waals surface area contributed by atoms with Gasteiger partial charge in [-0.25, -0.2) is 0 Å². The molecule has 8 nitrogen and oxygen atoms in total. The van der Waals surface area contributed by atoms with Gasteiger partial charge in [-0.3, -0.25) is 9.59 Å². The third-order valence-corrected chi connectivity index (χ3v) is 2.58. The molecule has 0 aromatic heterocycles. The number of carbonyl (C=O) groups is 2. The van der Waals surface area contributed by atoms with Crippen LogP contribution in [-0.2, 0) is 19.1 Å². The molecule has 118 valence electrons. The van der Waals surface area contributed by atoms with Crippen LogP contribution >= 0.6 is 0 Å². The minimum absolute atomic E-state index is 0.0313. The Bertz CT molecular complexity index is 306. The first-order chi connectivity index (χ1) is 9.37. The standard InChI is InChI=1S/C12H22O8/c1-3-9(15)19-6-8(20-10(16)4-2)12(18)11(17)7(14)5-13/h7-8,11-14,17-18H,3-6H2,1-2H3/t7-,8+,11-,12-/m1/s1. The first-order valence-electron chi connectivity index (χ1n) is 6.37. The molecule has 20 heavy (non-hydrogen) atoms. The Morgan fingerprint density at radius 1 is 1.00 bits per heavy atom. The van der Waals surface area contributed by atoms with Crippen molar-refractivity contribution in [2.45, 2.75) is 51.1 Å². The molecule has 8 heteroatoms. The van der Waals surface area contributed by atoms with Gasteiger partial charge in [0.05, 0.1) is 6.61 Å². The molecular formula is C12H22O8. The lowest BCUT2D eigenvalue weighted by atomic mass is 10.0. The normalized spacial score (nSPS) is 16.9. The van der Waals surface area contributed by atoms with Crippen molar-refractivity contribution in [2.24, 2.45) is 0 Å². The van der Waals surface area contributed by atoms with Crippen molar-refractivity contribution in [1.82, 2.24) is 0 Å². The third-order valence-electron chi connectivity index (χ3n) is 2.58. The van der Waals surface area contributed by atoms with Crippen molar-refractivity contribution < 1.29 is 39.5 Å². The number of carbonyl (C=O) groups excluding carboxylic acids is 2. The zero-order valence-electron chi connectivity index (χ0n) is 11.6. The fourth-order valence-electron chi connectivity index (χ4n) is 1.29. The number of aliphatic hydroxyl groups is 4. The number of rotatable bonds is 9. The van der Waals surface area contributed by atoms with Gasteiger partial charge in [0, 0.05) is 12.8 Å². The summed E-state index contributed by atoms with van der Waals surface area (Å²) in [5, 5.41) is 37.4. The molecule has 0 saturated heterocycles. The van der Waals surface area contributed by atoms with E-state index >= 15 is 0 Å². The van der Waals surface area contributed by atoms with Gasteiger partial charge in [-0.15, -0.1) is 0 Å². The minimum Gasteiger partial charge on any atom is -0.462 e. The largest absolute Gasteiger partial charge is 0.462 e. The number of hydrogen-bond acceptors (Lipinski definition) is 8. The van der Waals surface area contributed by atoms with Crippen LogP contribution in [0.25, 0.3) is 0 Å². The molecule has 0 aliphatic carbocycles. The van der Waals surface area contributed by atoms with Gasteiger partial charge in [-0.2, -0.15) is 0 Å². The highest BCUT2D eigenvalue weighted by atomic mass is 16.6. The Balaban J connectivity index is 4.72. The van der Waals surface area contributed by atoms with E-state index in [1.807, 2.05) is 0 Å². The maximum absolute atomic E-state index is 11.2. The number of aliphatic hydroxyl groups excluding tert-OH is 4. The third kappa shape index (κ3) is 6.29. The lowest BCUT2D eigenvalue weighted by Gasteiger charge is -2.28. The van der Waals surface area contributed by atoms with Crippen molar-refractivity contribution >= 4 is 11.9 Å². The molecule has 4 N–H and O–H groups in total. The Labute approximate surface area is 116 Å². The van der Waals surface area contributed by atoms with Crippen LogP contribution in [0.1, 0.15) is 26.7 Å². The van der Waals surface area contributed by atoms with E-state index in [4.69, 9.17) is 14.6 Å². The molecule has 0 radical (unpaired) electrons. The summed E-state index contributed by atoms with van der Waals surface area (Å²) < 4.78 is 9.61. The Morgan fingerprint density at radius 2 is 1.55 bits per heavy atom. The van der Waals surface area contributed by atoms with E-state index in [9.17, 15) is 24.9 Å². The van der Waals surface area contributed by atoms with E-state index in [-0.39, 0.29) is 12.8 Å². The quantitative estimate of drug-likeness (QED) is 0.371. The molecule has 0 amide bonds. The van der Waals surface area contributed by atoms with Crippen LogP contribution in [-0.4, -0.2) is 70.0 Å². The zero-order chi connectivity index (χ0) is 15.7. The molecule has 0 fully saturated rings. The number of ether oxygens (including phenoxy) is 2. The van der Waals surface area contributed by atoms with Crippen LogP contribution in [0.2, 0.25) is 0 Å². The highest BCUT2D eigenvalue weighted by molar-refractivity contribution is 5.70. The lowest BCUT2D eigenvalue weighted by molar-refractivity contribution is -0.177. The number of hydrogen-bond donors (Lipinski definition) is 4. The summed E-state index contributed by atoms with van der Waals surface area (Å²) in [6.07, 6.45) is -6.23. The van der Waals surface area contributed by atoms with Crippen molar-refractivity contribution in [3.63, 3.8) is 0 Å². The molecule has 0 heterocycles. The topological polar surface area (TPSA) is 134 Å². The zero-order valence-corrected chi connectivity index (χ0v) is 11.6. The molecule has 0 saturated carbocycles. The van der Waals surface area contributed by atoms with E-state index in [1.54, 1.807) is 6.92 Å². The molecule has 0 unspecified atom stereocenters. The molecule has 0 aliphatic rings. The van der Waals surface area contributed by atoms with Crippen LogP contribution in [0.15, 0.2) is 0 Å². The molecule has 4 atom stereocenters. The first-order valence-corrected chi connectivity index (χ1v) is 6.37. The Hall–Kier alpha value is -1.22. The van der Waals surface area contributed by atoms with E-state index in [2.05, 4.69) is 0 Å². The van der Waals surface area contributed by atoms with Crippen LogP contribution in [0.5, 0.6) is 0 Å². The molecule has 0 aromatic carbocycles. The molecule has 0 rings (SSSR count). The highest BCUT2D eigenvalue weighted by Gasteiger charge is 2.34. The second kappa shape index (κ2) is 9.65.